The van der Waals surface area contributed by atoms with Crippen LogP contribution < -0.4 is 0 Å². The molecule has 0 saturated heterocycles. The number of pyridine rings is 2. The summed E-state index contributed by atoms with van der Waals surface area (Å²) in [6, 6.07) is 17.4. The minimum atomic E-state index is -0.609. The van der Waals surface area contributed by atoms with E-state index in [-0.39, 0.29) is 23.3 Å². The fourth-order valence-corrected chi connectivity index (χ4v) is 6.24. The third-order valence-electron chi connectivity index (χ3n) is 8.10. The van der Waals surface area contributed by atoms with Crippen molar-refractivity contribution in [2.75, 3.05) is 0 Å². The van der Waals surface area contributed by atoms with Crippen LogP contribution in [-0.4, -0.2) is 25.5 Å². The van der Waals surface area contributed by atoms with Crippen LogP contribution in [0.3, 0.4) is 0 Å². The van der Waals surface area contributed by atoms with Gasteiger partial charge in [-0.1, -0.05) is 38.1 Å². The Hall–Kier alpha value is -4.44. The average molecular weight is 504 g/mol. The van der Waals surface area contributed by atoms with E-state index in [4.69, 9.17) is 11.7 Å². The summed E-state index contributed by atoms with van der Waals surface area (Å²) in [7, 11) is 0. The second-order valence-corrected chi connectivity index (χ2v) is 10.2. The first-order valence-electron chi connectivity index (χ1n) is 12.7. The Bertz CT molecular complexity index is 1620. The molecule has 3 atom stereocenters. The summed E-state index contributed by atoms with van der Waals surface area (Å²) in [5.41, 5.74) is 6.51. The average Bonchev–Trinajstić information content (AvgIpc) is 3.37. The molecule has 6 nitrogen and oxygen atoms in total. The summed E-state index contributed by atoms with van der Waals surface area (Å²) in [4.78, 5) is 25.2. The van der Waals surface area contributed by atoms with Crippen LogP contribution in [0.15, 0.2) is 78.8 Å². The number of hydrogen-bond donors (Lipinski definition) is 0. The van der Waals surface area contributed by atoms with Crippen molar-refractivity contribution in [3.8, 4) is 28.2 Å². The van der Waals surface area contributed by atoms with Gasteiger partial charge in [0, 0.05) is 29.3 Å². The van der Waals surface area contributed by atoms with Crippen molar-refractivity contribution >= 4 is 5.78 Å². The van der Waals surface area contributed by atoms with Gasteiger partial charge in [-0.3, -0.25) is 9.97 Å². The highest BCUT2D eigenvalue weighted by molar-refractivity contribution is 6.00. The van der Waals surface area contributed by atoms with Crippen LogP contribution in [0.2, 0.25) is 0 Å². The molecule has 2 aliphatic carbocycles. The fourth-order valence-electron chi connectivity index (χ4n) is 6.24. The second-order valence-electron chi connectivity index (χ2n) is 10.2. The first kappa shape index (κ1) is 23.9. The zero-order valence-corrected chi connectivity index (χ0v) is 21.2. The van der Waals surface area contributed by atoms with Crippen LogP contribution in [0.1, 0.15) is 37.2 Å². The molecule has 0 unspecified atom stereocenters. The predicted octanol–water partition coefficient (Wildman–Crippen LogP) is 6.31. The minimum Gasteiger partial charge on any atom is -0.308 e. The first-order chi connectivity index (χ1) is 18.4. The molecule has 0 spiro atoms. The van der Waals surface area contributed by atoms with Crippen molar-refractivity contribution in [2.24, 2.45) is 11.8 Å². The molecule has 1 aromatic carbocycles. The van der Waals surface area contributed by atoms with Crippen molar-refractivity contribution in [1.82, 2.24) is 19.7 Å². The Labute approximate surface area is 220 Å². The van der Waals surface area contributed by atoms with Crippen molar-refractivity contribution < 1.29 is 9.18 Å². The number of alkyl halides is 1. The SMILES string of the molecule is [C-]#[N+]C1=C[C@@]2(C)c3c(c(-c4ccccn4)nn3-c3ccc(-c4ccnc(CF)c4)cc3)CC[C@@H]2[C@@H](C)C1=O. The van der Waals surface area contributed by atoms with Gasteiger partial charge in [-0.15, -0.1) is 0 Å². The zero-order chi connectivity index (χ0) is 26.4. The van der Waals surface area contributed by atoms with Crippen LogP contribution in [0.25, 0.3) is 33.0 Å². The Morgan fingerprint density at radius 2 is 1.92 bits per heavy atom. The maximum atomic E-state index is 13.2. The second kappa shape index (κ2) is 9.14. The number of rotatable bonds is 4. The van der Waals surface area contributed by atoms with E-state index in [2.05, 4.69) is 21.7 Å². The molecule has 38 heavy (non-hydrogen) atoms. The molecular weight excluding hydrogens is 477 g/mol. The topological polar surface area (TPSA) is 65.0 Å². The Balaban J connectivity index is 1.54. The van der Waals surface area contributed by atoms with Gasteiger partial charge in [0.25, 0.3) is 0 Å². The van der Waals surface area contributed by atoms with Gasteiger partial charge in [0.1, 0.15) is 12.4 Å². The van der Waals surface area contributed by atoms with Crippen molar-refractivity contribution in [2.45, 2.75) is 38.8 Å². The lowest BCUT2D eigenvalue weighted by Gasteiger charge is -2.45. The molecule has 3 aromatic heterocycles. The lowest BCUT2D eigenvalue weighted by atomic mass is 9.58. The number of hydrogen-bond acceptors (Lipinski definition) is 4. The molecule has 7 heteroatoms. The largest absolute Gasteiger partial charge is 0.308 e. The van der Waals surface area contributed by atoms with Crippen LogP contribution in [0.4, 0.5) is 4.39 Å². The molecular formula is C31H26FN5O. The van der Waals surface area contributed by atoms with E-state index in [0.29, 0.717) is 5.69 Å². The summed E-state index contributed by atoms with van der Waals surface area (Å²) in [6.07, 6.45) is 6.87. The summed E-state index contributed by atoms with van der Waals surface area (Å²) in [6.45, 7) is 11.1. The lowest BCUT2D eigenvalue weighted by molar-refractivity contribution is -0.121. The summed E-state index contributed by atoms with van der Waals surface area (Å²) in [5, 5.41) is 5.10. The number of halogens is 1. The molecule has 0 saturated carbocycles. The molecule has 4 aromatic rings. The number of nitrogens with zero attached hydrogens (tertiary/aromatic N) is 5. The molecule has 0 fully saturated rings. The van der Waals surface area contributed by atoms with Gasteiger partial charge in [-0.05, 0) is 66.3 Å². The van der Waals surface area contributed by atoms with E-state index in [0.717, 1.165) is 52.3 Å². The normalized spacial score (nSPS) is 22.3. The molecule has 3 heterocycles. The third-order valence-corrected chi connectivity index (χ3v) is 8.10. The van der Waals surface area contributed by atoms with Gasteiger partial charge in [0.15, 0.2) is 5.78 Å². The standard InChI is InChI=1S/C31H26FN5O/c1-19-25-12-11-24-28(26-6-4-5-14-35-26)36-37(30(24)31(25,2)17-27(33-3)29(19)38)23-9-7-20(8-10-23)21-13-15-34-22(16-21)18-32/h4-10,13-17,19,25H,11-12,18H2,1-2H3/t19-,25-,31-/m1/s1. The fraction of sp³-hybridized carbons (Fsp3) is 0.258. The van der Waals surface area contributed by atoms with Gasteiger partial charge in [-0.2, -0.15) is 5.10 Å². The van der Waals surface area contributed by atoms with E-state index < -0.39 is 12.1 Å². The van der Waals surface area contributed by atoms with E-state index in [1.54, 1.807) is 18.5 Å². The maximum absolute atomic E-state index is 13.2. The predicted molar refractivity (Wildman–Crippen MR) is 143 cm³/mol. The Morgan fingerprint density at radius 3 is 2.63 bits per heavy atom. The highest BCUT2D eigenvalue weighted by Crippen LogP contribution is 2.52. The van der Waals surface area contributed by atoms with Crippen LogP contribution in [-0.2, 0) is 23.3 Å². The molecule has 2 aliphatic rings. The van der Waals surface area contributed by atoms with Crippen LogP contribution in [0.5, 0.6) is 0 Å². The number of carbonyl (C=O) groups is 1. The molecule has 6 rings (SSSR count). The molecule has 0 bridgehead atoms. The number of carbonyl (C=O) groups excluding carboxylic acids is 1. The summed E-state index contributed by atoms with van der Waals surface area (Å²) in [5.74, 6) is -0.255. The van der Waals surface area contributed by atoms with Gasteiger partial charge >= 0.3 is 0 Å². The van der Waals surface area contributed by atoms with E-state index in [9.17, 15) is 9.18 Å². The highest BCUT2D eigenvalue weighted by atomic mass is 19.1. The van der Waals surface area contributed by atoms with Crippen LogP contribution >= 0.6 is 0 Å². The molecule has 0 N–H and O–H groups in total. The van der Waals surface area contributed by atoms with Gasteiger partial charge in [0.2, 0.25) is 5.70 Å². The summed E-state index contributed by atoms with van der Waals surface area (Å²) < 4.78 is 15.1. The Kier molecular flexibility index (Phi) is 5.76. The number of allylic oxidation sites excluding steroid dienone is 2. The quantitative estimate of drug-likeness (QED) is 0.306. The first-order valence-corrected chi connectivity index (χ1v) is 12.7. The van der Waals surface area contributed by atoms with Crippen LogP contribution in [0, 0.1) is 18.4 Å². The van der Waals surface area contributed by atoms with Crippen molar-refractivity contribution in [1.29, 1.82) is 0 Å². The maximum Gasteiger partial charge on any atom is 0.226 e. The smallest absolute Gasteiger partial charge is 0.226 e. The van der Waals surface area contributed by atoms with E-state index in [1.807, 2.05) is 66.2 Å². The third kappa shape index (κ3) is 3.67. The number of ketones is 1. The highest BCUT2D eigenvalue weighted by Gasteiger charge is 2.50. The number of Topliss-reactive ketones (excluding diaryl/α,β-unsaturated/α-hetero) is 1. The van der Waals surface area contributed by atoms with E-state index >= 15 is 0 Å². The van der Waals surface area contributed by atoms with Gasteiger partial charge < -0.3 is 4.79 Å². The molecule has 188 valence electrons. The minimum absolute atomic E-state index is 0.0650. The number of aromatic nitrogens is 4. The summed E-state index contributed by atoms with van der Waals surface area (Å²) >= 11 is 0. The Morgan fingerprint density at radius 1 is 1.11 bits per heavy atom. The molecule has 0 radical (unpaired) electrons. The molecule has 0 amide bonds. The number of fused-ring (bicyclic) bond motifs is 3. The van der Waals surface area contributed by atoms with Gasteiger partial charge in [0.05, 0.1) is 29.3 Å². The number of benzene rings is 1. The molecule has 0 aliphatic heterocycles. The lowest BCUT2D eigenvalue weighted by Crippen LogP contribution is -2.46. The monoisotopic (exact) mass is 503 g/mol. The van der Waals surface area contributed by atoms with Gasteiger partial charge in [-0.25, -0.2) is 13.9 Å². The van der Waals surface area contributed by atoms with E-state index in [1.165, 1.54) is 0 Å². The van der Waals surface area contributed by atoms with Crippen molar-refractivity contribution in [3.05, 3.63) is 107 Å². The zero-order valence-electron chi connectivity index (χ0n) is 21.2. The van der Waals surface area contributed by atoms with Crippen molar-refractivity contribution in [3.63, 3.8) is 0 Å².